The van der Waals surface area contributed by atoms with E-state index in [1.807, 2.05) is 12.2 Å². The molecule has 2 atom stereocenters. The van der Waals surface area contributed by atoms with Crippen LogP contribution in [0, 0.1) is 11.8 Å². The molecule has 31 heavy (non-hydrogen) atoms. The fraction of sp³-hybridized carbons (Fsp3) is 0.600. The standard InChI is InChI=1S/C25H35N3O2.ClH/c1-25(2,3)19-9-11-20(12-10-19)27-17-15-26(16-18-27)13-6-14-28-23(29)21-7-4-5-8-22(21)24(28)30;/h4-5,9-12,21-22H,6-8,13-18H2,1-3H3;1H. The first kappa shape index (κ1) is 23.8. The maximum Gasteiger partial charge on any atom is 0.233 e. The highest BCUT2D eigenvalue weighted by Crippen LogP contribution is 2.35. The van der Waals surface area contributed by atoms with Crippen molar-refractivity contribution < 1.29 is 9.59 Å². The summed E-state index contributed by atoms with van der Waals surface area (Å²) in [7, 11) is 0. The Hall–Kier alpha value is -1.85. The van der Waals surface area contributed by atoms with Gasteiger partial charge < -0.3 is 4.90 Å². The van der Waals surface area contributed by atoms with Gasteiger partial charge >= 0.3 is 0 Å². The van der Waals surface area contributed by atoms with Gasteiger partial charge in [-0.05, 0) is 48.9 Å². The van der Waals surface area contributed by atoms with Crippen LogP contribution in [-0.2, 0) is 15.0 Å². The minimum absolute atomic E-state index is 0. The van der Waals surface area contributed by atoms with Crippen molar-refractivity contribution in [2.45, 2.75) is 45.4 Å². The number of piperazine rings is 1. The number of rotatable bonds is 5. The monoisotopic (exact) mass is 445 g/mol. The van der Waals surface area contributed by atoms with Crippen LogP contribution in [0.15, 0.2) is 36.4 Å². The summed E-state index contributed by atoms with van der Waals surface area (Å²) < 4.78 is 0. The van der Waals surface area contributed by atoms with E-state index in [9.17, 15) is 9.59 Å². The van der Waals surface area contributed by atoms with E-state index in [2.05, 4.69) is 54.8 Å². The quantitative estimate of drug-likeness (QED) is 0.509. The van der Waals surface area contributed by atoms with Gasteiger partial charge in [-0.15, -0.1) is 12.4 Å². The molecule has 170 valence electrons. The predicted molar refractivity (Wildman–Crippen MR) is 128 cm³/mol. The number of likely N-dealkylation sites (tertiary alicyclic amines) is 1. The number of anilines is 1. The average Bonchev–Trinajstić information content (AvgIpc) is 2.99. The highest BCUT2D eigenvalue weighted by atomic mass is 35.5. The molecule has 5 nitrogen and oxygen atoms in total. The molecule has 1 aromatic rings. The number of amides is 2. The summed E-state index contributed by atoms with van der Waals surface area (Å²) in [5.74, 6) is -0.0952. The number of benzene rings is 1. The normalized spacial score (nSPS) is 24.4. The first-order chi connectivity index (χ1) is 14.3. The number of fused-ring (bicyclic) bond motifs is 1. The van der Waals surface area contributed by atoms with Crippen molar-refractivity contribution in [3.05, 3.63) is 42.0 Å². The van der Waals surface area contributed by atoms with E-state index in [1.54, 1.807) is 0 Å². The van der Waals surface area contributed by atoms with E-state index in [0.29, 0.717) is 6.54 Å². The smallest absolute Gasteiger partial charge is 0.233 e. The lowest BCUT2D eigenvalue weighted by Gasteiger charge is -2.36. The van der Waals surface area contributed by atoms with Crippen molar-refractivity contribution in [1.82, 2.24) is 9.80 Å². The van der Waals surface area contributed by atoms with Crippen LogP contribution < -0.4 is 4.90 Å². The maximum absolute atomic E-state index is 12.6. The molecule has 0 spiro atoms. The van der Waals surface area contributed by atoms with E-state index in [1.165, 1.54) is 16.2 Å². The first-order valence-corrected chi connectivity index (χ1v) is 11.4. The van der Waals surface area contributed by atoms with Gasteiger partial charge in [-0.2, -0.15) is 0 Å². The molecule has 2 saturated heterocycles. The fourth-order valence-corrected chi connectivity index (χ4v) is 4.94. The van der Waals surface area contributed by atoms with Crippen LogP contribution in [0.2, 0.25) is 0 Å². The minimum atomic E-state index is -0.101. The number of allylic oxidation sites excluding steroid dienone is 2. The van der Waals surface area contributed by atoms with Crippen LogP contribution in [0.3, 0.4) is 0 Å². The van der Waals surface area contributed by atoms with Gasteiger partial charge in [-0.3, -0.25) is 19.4 Å². The molecule has 2 unspecified atom stereocenters. The zero-order valence-corrected chi connectivity index (χ0v) is 19.9. The van der Waals surface area contributed by atoms with Crippen molar-refractivity contribution in [2.24, 2.45) is 11.8 Å². The number of halogens is 1. The lowest BCUT2D eigenvalue weighted by Crippen LogP contribution is -2.47. The van der Waals surface area contributed by atoms with Crippen LogP contribution in [0.25, 0.3) is 0 Å². The number of hydrogen-bond donors (Lipinski definition) is 0. The maximum atomic E-state index is 12.6. The van der Waals surface area contributed by atoms with Crippen molar-refractivity contribution in [2.75, 3.05) is 44.2 Å². The van der Waals surface area contributed by atoms with Gasteiger partial charge in [0.05, 0.1) is 11.8 Å². The van der Waals surface area contributed by atoms with Gasteiger partial charge in [0.15, 0.2) is 0 Å². The van der Waals surface area contributed by atoms with E-state index in [-0.39, 0.29) is 41.5 Å². The summed E-state index contributed by atoms with van der Waals surface area (Å²) in [6.07, 6.45) is 6.41. The molecule has 1 aromatic carbocycles. The predicted octanol–water partition coefficient (Wildman–Crippen LogP) is 3.87. The third-order valence-corrected chi connectivity index (χ3v) is 6.93. The molecule has 0 bridgehead atoms. The molecule has 6 heteroatoms. The Bertz CT molecular complexity index is 781. The summed E-state index contributed by atoms with van der Waals surface area (Å²) in [5.41, 5.74) is 2.85. The number of nitrogens with zero attached hydrogens (tertiary/aromatic N) is 3. The average molecular weight is 446 g/mol. The van der Waals surface area contributed by atoms with E-state index in [4.69, 9.17) is 0 Å². The zero-order valence-electron chi connectivity index (χ0n) is 19.0. The molecule has 2 amide bonds. The summed E-state index contributed by atoms with van der Waals surface area (Å²) in [4.78, 5) is 31.6. The second-order valence-corrected chi connectivity index (χ2v) is 9.96. The Morgan fingerprint density at radius 3 is 1.90 bits per heavy atom. The Morgan fingerprint density at radius 1 is 0.839 bits per heavy atom. The van der Waals surface area contributed by atoms with Gasteiger partial charge in [0, 0.05) is 38.4 Å². The Morgan fingerprint density at radius 2 is 1.39 bits per heavy atom. The number of carbonyl (C=O) groups is 2. The van der Waals surface area contributed by atoms with Crippen LogP contribution in [0.5, 0.6) is 0 Å². The molecule has 3 aliphatic rings. The molecule has 2 aliphatic heterocycles. The fourth-order valence-electron chi connectivity index (χ4n) is 4.94. The Labute approximate surface area is 192 Å². The largest absolute Gasteiger partial charge is 0.369 e. The highest BCUT2D eigenvalue weighted by Gasteiger charge is 2.46. The van der Waals surface area contributed by atoms with Crippen LogP contribution in [-0.4, -0.2) is 60.9 Å². The lowest BCUT2D eigenvalue weighted by molar-refractivity contribution is -0.140. The molecular formula is C25H36ClN3O2. The molecule has 2 heterocycles. The third kappa shape index (κ3) is 5.15. The molecule has 0 radical (unpaired) electrons. The Balaban J connectivity index is 0.00000272. The molecule has 2 fully saturated rings. The molecule has 0 aromatic heterocycles. The highest BCUT2D eigenvalue weighted by molar-refractivity contribution is 6.05. The van der Waals surface area contributed by atoms with Crippen LogP contribution in [0.1, 0.15) is 45.6 Å². The second-order valence-electron chi connectivity index (χ2n) is 9.96. The van der Waals surface area contributed by atoms with Crippen molar-refractivity contribution in [3.8, 4) is 0 Å². The summed E-state index contributed by atoms with van der Waals surface area (Å²) in [6.45, 7) is 12.3. The summed E-state index contributed by atoms with van der Waals surface area (Å²) in [5, 5.41) is 0. The topological polar surface area (TPSA) is 43.9 Å². The van der Waals surface area contributed by atoms with Gasteiger partial charge in [0.2, 0.25) is 11.8 Å². The van der Waals surface area contributed by atoms with Crippen molar-refractivity contribution in [3.63, 3.8) is 0 Å². The van der Waals surface area contributed by atoms with Crippen LogP contribution >= 0.6 is 12.4 Å². The van der Waals surface area contributed by atoms with Gasteiger partial charge in [0.1, 0.15) is 0 Å². The molecule has 1 aliphatic carbocycles. The second kappa shape index (κ2) is 9.74. The number of imide groups is 1. The van der Waals surface area contributed by atoms with Crippen molar-refractivity contribution in [1.29, 1.82) is 0 Å². The van der Waals surface area contributed by atoms with E-state index in [0.717, 1.165) is 52.0 Å². The molecule has 4 rings (SSSR count). The van der Waals surface area contributed by atoms with Gasteiger partial charge in [0.25, 0.3) is 0 Å². The van der Waals surface area contributed by atoms with Crippen LogP contribution in [0.4, 0.5) is 5.69 Å². The number of carbonyl (C=O) groups excluding carboxylic acids is 2. The minimum Gasteiger partial charge on any atom is -0.369 e. The van der Waals surface area contributed by atoms with Crippen molar-refractivity contribution >= 4 is 29.9 Å². The molecule has 0 saturated carbocycles. The van der Waals surface area contributed by atoms with Gasteiger partial charge in [-0.25, -0.2) is 0 Å². The SMILES string of the molecule is CC(C)(C)c1ccc(N2CCN(CCCN3C(=O)C4CC=CCC4C3=O)CC2)cc1.Cl. The van der Waals surface area contributed by atoms with E-state index < -0.39 is 0 Å². The summed E-state index contributed by atoms with van der Waals surface area (Å²) in [6, 6.07) is 8.99. The van der Waals surface area contributed by atoms with Gasteiger partial charge in [-0.1, -0.05) is 45.1 Å². The third-order valence-electron chi connectivity index (χ3n) is 6.93. The van der Waals surface area contributed by atoms with E-state index >= 15 is 0 Å². The molecular weight excluding hydrogens is 410 g/mol. The Kier molecular flexibility index (Phi) is 7.48. The molecule has 0 N–H and O–H groups in total. The lowest BCUT2D eigenvalue weighted by atomic mass is 9.85. The first-order valence-electron chi connectivity index (χ1n) is 11.4. The number of hydrogen-bond acceptors (Lipinski definition) is 4. The summed E-state index contributed by atoms with van der Waals surface area (Å²) >= 11 is 0. The zero-order chi connectivity index (χ0) is 21.3.